The van der Waals surface area contributed by atoms with E-state index in [4.69, 9.17) is 5.73 Å². The number of carbonyl (C=O) groups is 3. The van der Waals surface area contributed by atoms with E-state index in [2.05, 4.69) is 33.2 Å². The highest BCUT2D eigenvalue weighted by Crippen LogP contribution is 2.02. The summed E-state index contributed by atoms with van der Waals surface area (Å²) in [5.74, 6) is -2.72. The molecule has 0 saturated carbocycles. The van der Waals surface area contributed by atoms with Gasteiger partial charge in [-0.2, -0.15) is 12.6 Å². The van der Waals surface area contributed by atoms with Gasteiger partial charge < -0.3 is 31.6 Å². The zero-order chi connectivity index (χ0) is 18.3. The third kappa shape index (κ3) is 5.83. The maximum absolute atomic E-state index is 12.2. The van der Waals surface area contributed by atoms with E-state index >= 15 is 0 Å². The van der Waals surface area contributed by atoms with Crippen molar-refractivity contribution in [3.63, 3.8) is 0 Å². The molecule has 10 nitrogen and oxygen atoms in total. The number of hydrogen-bond acceptors (Lipinski definition) is 7. The summed E-state index contributed by atoms with van der Waals surface area (Å²) in [5, 5.41) is 23.5. The van der Waals surface area contributed by atoms with Gasteiger partial charge in [0.25, 0.3) is 0 Å². The predicted octanol–water partition coefficient (Wildman–Crippen LogP) is -2.36. The van der Waals surface area contributed by atoms with Gasteiger partial charge in [0.1, 0.15) is 12.1 Å². The van der Waals surface area contributed by atoms with Crippen LogP contribution < -0.4 is 16.4 Å². The van der Waals surface area contributed by atoms with Crippen molar-refractivity contribution in [2.24, 2.45) is 5.73 Å². The number of amides is 2. The first-order chi connectivity index (χ1) is 11.3. The second-order valence-corrected chi connectivity index (χ2v) is 5.56. The van der Waals surface area contributed by atoms with Gasteiger partial charge in [-0.15, -0.1) is 0 Å². The molecule has 0 bridgehead atoms. The predicted molar refractivity (Wildman–Crippen MR) is 87.3 cm³/mol. The van der Waals surface area contributed by atoms with Gasteiger partial charge in [0.15, 0.2) is 0 Å². The summed E-state index contributed by atoms with van der Waals surface area (Å²) < 4.78 is 0. The van der Waals surface area contributed by atoms with Gasteiger partial charge in [-0.25, -0.2) is 9.78 Å². The molecule has 1 aromatic rings. The lowest BCUT2D eigenvalue weighted by Gasteiger charge is -2.24. The van der Waals surface area contributed by atoms with Crippen LogP contribution in [0.3, 0.4) is 0 Å². The number of H-pyrrole nitrogens is 1. The molecule has 0 aliphatic carbocycles. The average molecular weight is 359 g/mol. The van der Waals surface area contributed by atoms with Gasteiger partial charge in [0.05, 0.1) is 18.5 Å². The third-order valence-corrected chi connectivity index (χ3v) is 3.58. The standard InChI is InChI=1S/C13H21N5O5S/c1-6(19)10(18-11(20)8(14)4-24)12(21)17-9(13(22)23)2-7-3-15-5-16-7/h3,5-6,8-10,19,24H,2,4,14H2,1H3,(H,15,16)(H,17,21)(H,18,20)(H,22,23)/t6-,8+,9+,10+/m1/s1. The number of rotatable bonds is 9. The van der Waals surface area contributed by atoms with Gasteiger partial charge in [0, 0.05) is 24.1 Å². The lowest BCUT2D eigenvalue weighted by atomic mass is 10.1. The molecule has 0 radical (unpaired) electrons. The van der Waals surface area contributed by atoms with Crippen LogP contribution in [-0.4, -0.2) is 67.9 Å². The fourth-order valence-electron chi connectivity index (χ4n) is 1.83. The maximum Gasteiger partial charge on any atom is 0.326 e. The lowest BCUT2D eigenvalue weighted by Crippen LogP contribution is -2.58. The summed E-state index contributed by atoms with van der Waals surface area (Å²) in [6, 6.07) is -3.55. The molecule has 2 amide bonds. The molecule has 1 aromatic heterocycles. The van der Waals surface area contributed by atoms with Crippen LogP contribution in [0.15, 0.2) is 12.5 Å². The van der Waals surface area contributed by atoms with Gasteiger partial charge in [-0.3, -0.25) is 9.59 Å². The number of imidazole rings is 1. The van der Waals surface area contributed by atoms with Crippen LogP contribution in [0.1, 0.15) is 12.6 Å². The Kier molecular flexibility index (Phi) is 7.68. The van der Waals surface area contributed by atoms with Crippen LogP contribution in [0.5, 0.6) is 0 Å². The van der Waals surface area contributed by atoms with E-state index in [9.17, 15) is 24.6 Å². The number of thiol groups is 1. The molecule has 0 aliphatic heterocycles. The summed E-state index contributed by atoms with van der Waals surface area (Å²) in [7, 11) is 0. The van der Waals surface area contributed by atoms with Gasteiger partial charge in [-0.1, -0.05) is 0 Å². The largest absolute Gasteiger partial charge is 0.480 e. The number of aliphatic hydroxyl groups excluding tert-OH is 1. The minimum atomic E-state index is -1.34. The van der Waals surface area contributed by atoms with Crippen molar-refractivity contribution in [2.45, 2.75) is 37.6 Å². The molecule has 134 valence electrons. The zero-order valence-electron chi connectivity index (χ0n) is 13.0. The SMILES string of the molecule is C[C@@H](O)[C@H](NC(=O)[C@@H](N)CS)C(=O)N[C@@H](Cc1cnc[nH]1)C(=O)O. The number of nitrogens with one attached hydrogen (secondary N) is 3. The molecule has 0 unspecified atom stereocenters. The van der Waals surface area contributed by atoms with E-state index in [1.807, 2.05) is 0 Å². The lowest BCUT2D eigenvalue weighted by molar-refractivity contribution is -0.142. The van der Waals surface area contributed by atoms with Crippen LogP contribution in [0.2, 0.25) is 0 Å². The topological polar surface area (TPSA) is 170 Å². The molecular weight excluding hydrogens is 338 g/mol. The molecule has 24 heavy (non-hydrogen) atoms. The summed E-state index contributed by atoms with van der Waals surface area (Å²) in [6.07, 6.45) is 1.54. The monoisotopic (exact) mass is 359 g/mol. The van der Waals surface area contributed by atoms with Crippen LogP contribution in [-0.2, 0) is 20.8 Å². The fraction of sp³-hybridized carbons (Fsp3) is 0.538. The number of carboxylic acid groups (broad SMARTS) is 1. The Hall–Kier alpha value is -2.11. The molecular formula is C13H21N5O5S. The molecule has 1 rings (SSSR count). The first kappa shape index (κ1) is 19.9. The highest BCUT2D eigenvalue weighted by Gasteiger charge is 2.30. The Morgan fingerprint density at radius 2 is 2.04 bits per heavy atom. The highest BCUT2D eigenvalue weighted by atomic mass is 32.1. The van der Waals surface area contributed by atoms with E-state index < -0.39 is 42.0 Å². The Bertz CT molecular complexity index is 565. The van der Waals surface area contributed by atoms with E-state index in [0.29, 0.717) is 5.69 Å². The van der Waals surface area contributed by atoms with E-state index in [1.165, 1.54) is 19.4 Å². The highest BCUT2D eigenvalue weighted by molar-refractivity contribution is 7.80. The number of aliphatic hydroxyl groups is 1. The zero-order valence-corrected chi connectivity index (χ0v) is 13.9. The fourth-order valence-corrected chi connectivity index (χ4v) is 1.99. The molecule has 0 aliphatic rings. The summed E-state index contributed by atoms with van der Waals surface area (Å²) in [4.78, 5) is 41.8. The quantitative estimate of drug-likeness (QED) is 0.242. The van der Waals surface area contributed by atoms with E-state index in [1.54, 1.807) is 0 Å². The number of nitrogens with two attached hydrogens (primary N) is 1. The van der Waals surface area contributed by atoms with Crippen molar-refractivity contribution in [2.75, 3.05) is 5.75 Å². The first-order valence-electron chi connectivity index (χ1n) is 7.11. The molecule has 0 spiro atoms. The Labute approximate surface area is 143 Å². The Morgan fingerprint density at radius 3 is 2.50 bits per heavy atom. The number of hydrogen-bond donors (Lipinski definition) is 7. The van der Waals surface area contributed by atoms with E-state index in [-0.39, 0.29) is 12.2 Å². The van der Waals surface area contributed by atoms with Crippen molar-refractivity contribution in [3.8, 4) is 0 Å². The molecule has 0 fully saturated rings. The normalized spacial score (nSPS) is 15.8. The van der Waals surface area contributed by atoms with Crippen LogP contribution in [0.25, 0.3) is 0 Å². The molecule has 0 aromatic carbocycles. The molecule has 7 N–H and O–H groups in total. The second kappa shape index (κ2) is 9.25. The summed E-state index contributed by atoms with van der Waals surface area (Å²) in [5.41, 5.74) is 6.01. The Morgan fingerprint density at radius 1 is 1.38 bits per heavy atom. The number of aromatic nitrogens is 2. The smallest absolute Gasteiger partial charge is 0.326 e. The number of carboxylic acids is 1. The van der Waals surface area contributed by atoms with Crippen molar-refractivity contribution in [1.29, 1.82) is 0 Å². The molecule has 0 saturated heterocycles. The minimum absolute atomic E-state index is 0.0301. The van der Waals surface area contributed by atoms with Gasteiger partial charge >= 0.3 is 5.97 Å². The van der Waals surface area contributed by atoms with Gasteiger partial charge in [-0.05, 0) is 6.92 Å². The van der Waals surface area contributed by atoms with Gasteiger partial charge in [0.2, 0.25) is 11.8 Å². The maximum atomic E-state index is 12.2. The Balaban J connectivity index is 2.77. The van der Waals surface area contributed by atoms with Crippen LogP contribution in [0.4, 0.5) is 0 Å². The average Bonchev–Trinajstić information content (AvgIpc) is 3.03. The van der Waals surface area contributed by atoms with Crippen molar-refractivity contribution >= 4 is 30.4 Å². The van der Waals surface area contributed by atoms with Crippen LogP contribution >= 0.6 is 12.6 Å². The summed E-state index contributed by atoms with van der Waals surface area (Å²) >= 11 is 3.88. The van der Waals surface area contributed by atoms with E-state index in [0.717, 1.165) is 0 Å². The van der Waals surface area contributed by atoms with Crippen LogP contribution in [0, 0.1) is 0 Å². The molecule has 1 heterocycles. The van der Waals surface area contributed by atoms with Crippen molar-refractivity contribution in [1.82, 2.24) is 20.6 Å². The first-order valence-corrected chi connectivity index (χ1v) is 7.74. The minimum Gasteiger partial charge on any atom is -0.480 e. The molecule has 4 atom stereocenters. The summed E-state index contributed by atoms with van der Waals surface area (Å²) in [6.45, 7) is 1.29. The third-order valence-electron chi connectivity index (χ3n) is 3.19. The number of carbonyl (C=O) groups excluding carboxylic acids is 2. The second-order valence-electron chi connectivity index (χ2n) is 5.20. The van der Waals surface area contributed by atoms with Crippen molar-refractivity contribution < 1.29 is 24.6 Å². The number of aliphatic carboxylic acids is 1. The molecule has 11 heteroatoms. The number of aromatic amines is 1. The van der Waals surface area contributed by atoms with Crippen molar-refractivity contribution in [3.05, 3.63) is 18.2 Å². The number of nitrogens with zero attached hydrogens (tertiary/aromatic N) is 1.